The smallest absolute Gasteiger partial charge is 0.257 e. The minimum absolute atomic E-state index is 0.457. The third kappa shape index (κ3) is 2.08. The second-order valence-corrected chi connectivity index (χ2v) is 3.79. The van der Waals surface area contributed by atoms with Gasteiger partial charge in [0.1, 0.15) is 5.76 Å². The second-order valence-electron chi connectivity index (χ2n) is 3.79. The highest BCUT2D eigenvalue weighted by atomic mass is 16.5. The molecule has 0 saturated carbocycles. The van der Waals surface area contributed by atoms with E-state index in [9.17, 15) is 0 Å². The fraction of sp³-hybridized carbons (Fsp3) is 0.0833. The number of rotatable bonds is 3. The summed E-state index contributed by atoms with van der Waals surface area (Å²) in [6.07, 6.45) is 2.04. The van der Waals surface area contributed by atoms with E-state index in [-0.39, 0.29) is 0 Å². The largest absolute Gasteiger partial charge is 0.399 e. The fourth-order valence-corrected chi connectivity index (χ4v) is 1.56. The lowest BCUT2D eigenvalue weighted by Gasteiger charge is -1.94. The van der Waals surface area contributed by atoms with Crippen molar-refractivity contribution >= 4 is 5.69 Å². The van der Waals surface area contributed by atoms with Crippen molar-refractivity contribution in [1.82, 2.24) is 15.3 Å². The number of aromatic nitrogens is 3. The van der Waals surface area contributed by atoms with Crippen molar-refractivity contribution in [1.29, 1.82) is 0 Å². The quantitative estimate of drug-likeness (QED) is 0.705. The Kier molecular flexibility index (Phi) is 2.53. The van der Waals surface area contributed by atoms with Crippen LogP contribution in [0, 0.1) is 0 Å². The maximum atomic E-state index is 5.61. The first kappa shape index (κ1) is 10.5. The third-order valence-electron chi connectivity index (χ3n) is 2.45. The lowest BCUT2D eigenvalue weighted by atomic mass is 10.2. The van der Waals surface area contributed by atoms with Crippen molar-refractivity contribution in [2.24, 2.45) is 0 Å². The molecule has 0 saturated heterocycles. The van der Waals surface area contributed by atoms with Gasteiger partial charge in [0.25, 0.3) is 5.89 Å². The Balaban J connectivity index is 1.83. The summed E-state index contributed by atoms with van der Waals surface area (Å²) in [7, 11) is 0. The van der Waals surface area contributed by atoms with Crippen molar-refractivity contribution in [3.8, 4) is 11.5 Å². The van der Waals surface area contributed by atoms with Gasteiger partial charge in [0.15, 0.2) is 5.82 Å². The summed E-state index contributed by atoms with van der Waals surface area (Å²) in [5, 5.41) is 7.50. The molecule has 3 rings (SSSR count). The van der Waals surface area contributed by atoms with Gasteiger partial charge in [-0.2, -0.15) is 4.98 Å². The maximum absolute atomic E-state index is 5.61. The van der Waals surface area contributed by atoms with Gasteiger partial charge in [-0.1, -0.05) is 10.3 Å². The number of nitrogens with zero attached hydrogens (tertiary/aromatic N) is 3. The Morgan fingerprint density at radius 3 is 2.61 bits per heavy atom. The van der Waals surface area contributed by atoms with Crippen molar-refractivity contribution in [3.05, 3.63) is 48.1 Å². The van der Waals surface area contributed by atoms with Crippen molar-refractivity contribution in [2.75, 3.05) is 5.73 Å². The van der Waals surface area contributed by atoms with Crippen LogP contribution in [0.25, 0.3) is 11.5 Å². The van der Waals surface area contributed by atoms with Crippen LogP contribution in [0.15, 0.2) is 45.6 Å². The molecule has 0 aliphatic carbocycles. The first-order valence-electron chi connectivity index (χ1n) is 5.39. The summed E-state index contributed by atoms with van der Waals surface area (Å²) in [6.45, 7) is 0. The summed E-state index contributed by atoms with van der Waals surface area (Å²) in [5.74, 6) is 1.71. The molecule has 6 nitrogen and oxygen atoms in total. The molecule has 6 heteroatoms. The molecule has 2 N–H and O–H groups in total. The molecular formula is C12H10N4O2. The maximum Gasteiger partial charge on any atom is 0.257 e. The summed E-state index contributed by atoms with van der Waals surface area (Å²) in [4.78, 5) is 4.28. The SMILES string of the molecule is Nc1ccc(-c2nc(Cc3ccno3)no2)cc1. The van der Waals surface area contributed by atoms with E-state index in [1.165, 1.54) is 0 Å². The lowest BCUT2D eigenvalue weighted by molar-refractivity contribution is 0.382. The molecule has 0 spiro atoms. The zero-order valence-corrected chi connectivity index (χ0v) is 9.41. The van der Waals surface area contributed by atoms with E-state index in [2.05, 4.69) is 15.3 Å². The first-order valence-corrected chi connectivity index (χ1v) is 5.39. The molecule has 0 unspecified atom stereocenters. The van der Waals surface area contributed by atoms with Crippen LogP contribution in [-0.2, 0) is 6.42 Å². The van der Waals surface area contributed by atoms with Gasteiger partial charge < -0.3 is 14.8 Å². The Morgan fingerprint density at radius 2 is 1.89 bits per heavy atom. The highest BCUT2D eigenvalue weighted by Gasteiger charge is 2.10. The summed E-state index contributed by atoms with van der Waals surface area (Å²) >= 11 is 0. The molecule has 0 amide bonds. The van der Waals surface area contributed by atoms with Gasteiger partial charge in [0.05, 0.1) is 12.6 Å². The molecule has 0 atom stereocenters. The van der Waals surface area contributed by atoms with Gasteiger partial charge in [0.2, 0.25) is 0 Å². The molecule has 1 aromatic carbocycles. The van der Waals surface area contributed by atoms with Crippen LogP contribution in [0.5, 0.6) is 0 Å². The van der Waals surface area contributed by atoms with Crippen molar-refractivity contribution in [2.45, 2.75) is 6.42 Å². The summed E-state index contributed by atoms with van der Waals surface area (Å²) in [5.41, 5.74) is 7.14. The van der Waals surface area contributed by atoms with Gasteiger partial charge in [-0.3, -0.25) is 0 Å². The van der Waals surface area contributed by atoms with Crippen LogP contribution in [0.1, 0.15) is 11.6 Å². The van der Waals surface area contributed by atoms with E-state index >= 15 is 0 Å². The topological polar surface area (TPSA) is 91.0 Å². The average Bonchev–Trinajstić information content (AvgIpc) is 3.02. The van der Waals surface area contributed by atoms with Crippen molar-refractivity contribution < 1.29 is 9.05 Å². The van der Waals surface area contributed by atoms with Gasteiger partial charge in [-0.15, -0.1) is 0 Å². The van der Waals surface area contributed by atoms with Gasteiger partial charge in [-0.25, -0.2) is 0 Å². The Hall–Kier alpha value is -2.63. The van der Waals surface area contributed by atoms with Crippen LogP contribution in [0.4, 0.5) is 5.69 Å². The van der Waals surface area contributed by atoms with Gasteiger partial charge >= 0.3 is 0 Å². The first-order chi connectivity index (χ1) is 8.81. The van der Waals surface area contributed by atoms with Crippen LogP contribution >= 0.6 is 0 Å². The van der Waals surface area contributed by atoms with Gasteiger partial charge in [0, 0.05) is 17.3 Å². The van der Waals surface area contributed by atoms with E-state index in [1.54, 1.807) is 24.4 Å². The predicted octanol–water partition coefficient (Wildman–Crippen LogP) is 1.90. The van der Waals surface area contributed by atoms with Gasteiger partial charge in [-0.05, 0) is 24.3 Å². The van der Waals surface area contributed by atoms with Crippen LogP contribution in [-0.4, -0.2) is 15.3 Å². The molecule has 0 fully saturated rings. The molecule has 0 bridgehead atoms. The van der Waals surface area contributed by atoms with Crippen LogP contribution in [0.2, 0.25) is 0 Å². The molecule has 0 radical (unpaired) electrons. The number of anilines is 1. The monoisotopic (exact) mass is 242 g/mol. The molecule has 2 heterocycles. The number of nitrogen functional groups attached to an aromatic ring is 1. The molecule has 90 valence electrons. The third-order valence-corrected chi connectivity index (χ3v) is 2.45. The predicted molar refractivity (Wildman–Crippen MR) is 63.5 cm³/mol. The van der Waals surface area contributed by atoms with E-state index in [1.807, 2.05) is 12.1 Å². The standard InChI is InChI=1S/C12H10N4O2/c13-9-3-1-8(2-4-9)12-15-11(16-18-12)7-10-5-6-14-17-10/h1-6H,7,13H2. The Labute approximate surface area is 102 Å². The average molecular weight is 242 g/mol. The summed E-state index contributed by atoms with van der Waals surface area (Å²) in [6, 6.07) is 9.01. The fourth-order valence-electron chi connectivity index (χ4n) is 1.56. The number of nitrogens with two attached hydrogens (primary N) is 1. The van der Waals surface area contributed by atoms with E-state index in [0.29, 0.717) is 29.6 Å². The molecule has 2 aromatic heterocycles. The molecule has 0 aliphatic heterocycles. The van der Waals surface area contributed by atoms with Crippen LogP contribution in [0.3, 0.4) is 0 Å². The second kappa shape index (κ2) is 4.33. The number of hydrogen-bond acceptors (Lipinski definition) is 6. The molecule has 0 aliphatic rings. The molecule has 3 aromatic rings. The molecular weight excluding hydrogens is 232 g/mol. The zero-order chi connectivity index (χ0) is 12.4. The highest BCUT2D eigenvalue weighted by molar-refractivity contribution is 5.56. The van der Waals surface area contributed by atoms with Crippen molar-refractivity contribution in [3.63, 3.8) is 0 Å². The molecule has 18 heavy (non-hydrogen) atoms. The zero-order valence-electron chi connectivity index (χ0n) is 9.41. The van der Waals surface area contributed by atoms with E-state index in [4.69, 9.17) is 14.8 Å². The normalized spacial score (nSPS) is 10.7. The minimum Gasteiger partial charge on any atom is -0.399 e. The number of benzene rings is 1. The highest BCUT2D eigenvalue weighted by Crippen LogP contribution is 2.19. The Morgan fingerprint density at radius 1 is 1.06 bits per heavy atom. The van der Waals surface area contributed by atoms with E-state index in [0.717, 1.165) is 5.56 Å². The summed E-state index contributed by atoms with van der Waals surface area (Å²) < 4.78 is 10.2. The van der Waals surface area contributed by atoms with Crippen LogP contribution < -0.4 is 5.73 Å². The Bertz CT molecular complexity index is 628. The minimum atomic E-state index is 0.457. The number of hydrogen-bond donors (Lipinski definition) is 1. The van der Waals surface area contributed by atoms with E-state index < -0.39 is 0 Å². The lowest BCUT2D eigenvalue weighted by Crippen LogP contribution is -1.88.